The molecule has 0 saturated carbocycles. The van der Waals surface area contributed by atoms with E-state index in [1.807, 2.05) is 62.4 Å². The third-order valence-electron chi connectivity index (χ3n) is 5.91. The maximum atomic E-state index is 13.1. The smallest absolute Gasteiger partial charge is 0.244 e. The summed E-state index contributed by atoms with van der Waals surface area (Å²) in [5.41, 5.74) is 3.40. The number of nitrogens with zero attached hydrogens (tertiary/aromatic N) is 4. The van der Waals surface area contributed by atoms with Crippen molar-refractivity contribution in [2.45, 2.75) is 26.7 Å². The molecule has 0 bridgehead atoms. The Bertz CT molecular complexity index is 1000. The first-order valence-corrected chi connectivity index (χ1v) is 11.6. The van der Waals surface area contributed by atoms with Gasteiger partial charge >= 0.3 is 0 Å². The molecule has 1 fully saturated rings. The standard InChI is InChI=1S/C26H33N5O2/c1-3-13-31(19-25(32)28-23-11-6-4-9-21(23)2)26(33)20-29-14-8-15-30(17-16-29)24-12-7-5-10-22(24)18-27/h4-7,9-12H,3,8,13-17,19-20H2,1-2H3,(H,28,32). The van der Waals surface area contributed by atoms with Crippen molar-refractivity contribution < 1.29 is 9.59 Å². The highest BCUT2D eigenvalue weighted by Gasteiger charge is 2.22. The number of amides is 2. The van der Waals surface area contributed by atoms with Gasteiger partial charge in [-0.25, -0.2) is 0 Å². The van der Waals surface area contributed by atoms with E-state index in [2.05, 4.69) is 21.2 Å². The van der Waals surface area contributed by atoms with Crippen LogP contribution in [0.2, 0.25) is 0 Å². The zero-order valence-electron chi connectivity index (χ0n) is 19.6. The van der Waals surface area contributed by atoms with Gasteiger partial charge in [-0.1, -0.05) is 37.3 Å². The Morgan fingerprint density at radius 2 is 1.82 bits per heavy atom. The number of nitriles is 1. The maximum absolute atomic E-state index is 13.1. The maximum Gasteiger partial charge on any atom is 0.244 e. The summed E-state index contributed by atoms with van der Waals surface area (Å²) in [5.74, 6) is -0.205. The highest BCUT2D eigenvalue weighted by Crippen LogP contribution is 2.21. The lowest BCUT2D eigenvalue weighted by molar-refractivity contribution is -0.135. The minimum Gasteiger partial charge on any atom is -0.369 e. The first-order valence-electron chi connectivity index (χ1n) is 11.6. The molecule has 1 saturated heterocycles. The normalized spacial score (nSPS) is 14.3. The zero-order valence-corrected chi connectivity index (χ0v) is 19.6. The fraction of sp³-hybridized carbons (Fsp3) is 0.423. The number of hydrogen-bond acceptors (Lipinski definition) is 5. The number of para-hydroxylation sites is 2. The Kier molecular flexibility index (Phi) is 8.85. The number of hydrogen-bond donors (Lipinski definition) is 1. The van der Waals surface area contributed by atoms with E-state index in [1.54, 1.807) is 4.90 Å². The molecule has 1 aliphatic heterocycles. The SMILES string of the molecule is CCCN(CC(=O)Nc1ccccc1C)C(=O)CN1CCCN(c2ccccc2C#N)CC1. The fourth-order valence-corrected chi connectivity index (χ4v) is 4.14. The number of rotatable bonds is 8. The Balaban J connectivity index is 1.57. The first-order chi connectivity index (χ1) is 16.0. The van der Waals surface area contributed by atoms with Crippen LogP contribution in [-0.4, -0.2) is 67.4 Å². The number of carbonyl (C=O) groups is 2. The van der Waals surface area contributed by atoms with Crippen molar-refractivity contribution in [1.29, 1.82) is 5.26 Å². The van der Waals surface area contributed by atoms with Crippen LogP contribution in [0.15, 0.2) is 48.5 Å². The van der Waals surface area contributed by atoms with E-state index in [0.29, 0.717) is 18.7 Å². The molecule has 1 heterocycles. The van der Waals surface area contributed by atoms with Crippen LogP contribution in [0.25, 0.3) is 0 Å². The second-order valence-corrected chi connectivity index (χ2v) is 8.42. The monoisotopic (exact) mass is 447 g/mol. The molecule has 3 rings (SSSR count). The zero-order chi connectivity index (χ0) is 23.6. The van der Waals surface area contributed by atoms with E-state index < -0.39 is 0 Å². The lowest BCUT2D eigenvalue weighted by atomic mass is 10.1. The molecule has 2 aromatic carbocycles. The van der Waals surface area contributed by atoms with Crippen molar-refractivity contribution in [2.24, 2.45) is 0 Å². The first kappa shape index (κ1) is 24.3. The van der Waals surface area contributed by atoms with Crippen LogP contribution in [-0.2, 0) is 9.59 Å². The molecule has 0 aliphatic carbocycles. The van der Waals surface area contributed by atoms with Gasteiger partial charge in [0.1, 0.15) is 6.07 Å². The Labute approximate surface area is 196 Å². The number of benzene rings is 2. The van der Waals surface area contributed by atoms with Gasteiger partial charge < -0.3 is 15.1 Å². The molecular weight excluding hydrogens is 414 g/mol. The van der Waals surface area contributed by atoms with Crippen molar-refractivity contribution in [1.82, 2.24) is 9.80 Å². The second-order valence-electron chi connectivity index (χ2n) is 8.42. The van der Waals surface area contributed by atoms with Crippen LogP contribution in [0.4, 0.5) is 11.4 Å². The lowest BCUT2D eigenvalue weighted by Gasteiger charge is -2.27. The summed E-state index contributed by atoms with van der Waals surface area (Å²) in [6, 6.07) is 17.5. The van der Waals surface area contributed by atoms with E-state index in [9.17, 15) is 14.9 Å². The van der Waals surface area contributed by atoms with Crippen molar-refractivity contribution >= 4 is 23.2 Å². The van der Waals surface area contributed by atoms with Crippen LogP contribution in [0.5, 0.6) is 0 Å². The highest BCUT2D eigenvalue weighted by atomic mass is 16.2. The van der Waals surface area contributed by atoms with Crippen molar-refractivity contribution in [2.75, 3.05) is 56.0 Å². The summed E-state index contributed by atoms with van der Waals surface area (Å²) in [6.07, 6.45) is 1.71. The molecule has 174 valence electrons. The third-order valence-corrected chi connectivity index (χ3v) is 5.91. The molecule has 0 aromatic heterocycles. The average Bonchev–Trinajstić information content (AvgIpc) is 3.05. The average molecular weight is 448 g/mol. The fourth-order valence-electron chi connectivity index (χ4n) is 4.14. The molecule has 7 heteroatoms. The van der Waals surface area contributed by atoms with Gasteiger partial charge in [0.25, 0.3) is 0 Å². The minimum absolute atomic E-state index is 0.0253. The van der Waals surface area contributed by atoms with Crippen LogP contribution >= 0.6 is 0 Å². The Morgan fingerprint density at radius 3 is 2.58 bits per heavy atom. The van der Waals surface area contributed by atoms with Gasteiger partial charge in [-0.3, -0.25) is 14.5 Å². The lowest BCUT2D eigenvalue weighted by Crippen LogP contribution is -2.45. The van der Waals surface area contributed by atoms with Gasteiger partial charge in [0.05, 0.1) is 24.3 Å². The second kappa shape index (κ2) is 12.0. The number of carbonyl (C=O) groups excluding carboxylic acids is 2. The molecule has 0 atom stereocenters. The number of nitrogens with one attached hydrogen (secondary N) is 1. The van der Waals surface area contributed by atoms with Gasteiger partial charge in [-0.2, -0.15) is 5.26 Å². The Hall–Kier alpha value is -3.37. The minimum atomic E-state index is -0.179. The van der Waals surface area contributed by atoms with E-state index in [1.165, 1.54) is 0 Å². The summed E-state index contributed by atoms with van der Waals surface area (Å²) in [4.78, 5) is 31.7. The molecule has 33 heavy (non-hydrogen) atoms. The molecule has 2 aromatic rings. The summed E-state index contributed by atoms with van der Waals surface area (Å²) < 4.78 is 0. The van der Waals surface area contributed by atoms with Crippen molar-refractivity contribution in [3.8, 4) is 6.07 Å². The van der Waals surface area contributed by atoms with Gasteiger partial charge in [0.2, 0.25) is 11.8 Å². The van der Waals surface area contributed by atoms with E-state index in [4.69, 9.17) is 0 Å². The van der Waals surface area contributed by atoms with Gasteiger partial charge in [0, 0.05) is 38.4 Å². The molecule has 1 N–H and O–H groups in total. The topological polar surface area (TPSA) is 79.7 Å². The predicted octanol–water partition coefficient (Wildman–Crippen LogP) is 3.26. The summed E-state index contributed by atoms with van der Waals surface area (Å²) in [5, 5.41) is 12.3. The van der Waals surface area contributed by atoms with E-state index in [-0.39, 0.29) is 18.4 Å². The van der Waals surface area contributed by atoms with Crippen LogP contribution in [0.3, 0.4) is 0 Å². The summed E-state index contributed by atoms with van der Waals surface area (Å²) in [7, 11) is 0. The molecule has 1 aliphatic rings. The summed E-state index contributed by atoms with van der Waals surface area (Å²) in [6.45, 7) is 8.01. The van der Waals surface area contributed by atoms with Crippen LogP contribution in [0.1, 0.15) is 30.9 Å². The third kappa shape index (κ3) is 6.80. The molecule has 0 spiro atoms. The van der Waals surface area contributed by atoms with E-state index >= 15 is 0 Å². The molecular formula is C26H33N5O2. The highest BCUT2D eigenvalue weighted by molar-refractivity contribution is 5.95. The van der Waals surface area contributed by atoms with Gasteiger partial charge in [-0.15, -0.1) is 0 Å². The van der Waals surface area contributed by atoms with Gasteiger partial charge in [-0.05, 0) is 43.5 Å². The van der Waals surface area contributed by atoms with Gasteiger partial charge in [0.15, 0.2) is 0 Å². The Morgan fingerprint density at radius 1 is 1.06 bits per heavy atom. The number of aryl methyl sites for hydroxylation is 1. The van der Waals surface area contributed by atoms with E-state index in [0.717, 1.165) is 56.0 Å². The summed E-state index contributed by atoms with van der Waals surface area (Å²) >= 11 is 0. The molecule has 0 radical (unpaired) electrons. The molecule has 0 unspecified atom stereocenters. The number of anilines is 2. The van der Waals surface area contributed by atoms with Crippen LogP contribution in [0, 0.1) is 18.3 Å². The van der Waals surface area contributed by atoms with Crippen molar-refractivity contribution in [3.63, 3.8) is 0 Å². The largest absolute Gasteiger partial charge is 0.369 e. The predicted molar refractivity (Wildman–Crippen MR) is 131 cm³/mol. The quantitative estimate of drug-likeness (QED) is 0.672. The van der Waals surface area contributed by atoms with Crippen LogP contribution < -0.4 is 10.2 Å². The van der Waals surface area contributed by atoms with Crippen molar-refractivity contribution in [3.05, 3.63) is 59.7 Å². The molecule has 2 amide bonds. The molecule has 7 nitrogen and oxygen atoms in total.